The molecule has 0 saturated carbocycles. The molecule has 1 unspecified atom stereocenters. The molecule has 100 valence electrons. The van der Waals surface area contributed by atoms with Crippen LogP contribution in [0.1, 0.15) is 37.9 Å². The van der Waals surface area contributed by atoms with E-state index in [0.29, 0.717) is 0 Å². The lowest BCUT2D eigenvalue weighted by Crippen LogP contribution is -2.05. The molecule has 2 aromatic carbocycles. The largest absolute Gasteiger partial charge is 0.373 e. The van der Waals surface area contributed by atoms with Crippen LogP contribution in [0.25, 0.3) is 10.8 Å². The first-order chi connectivity index (χ1) is 9.35. The van der Waals surface area contributed by atoms with E-state index in [0.717, 1.165) is 19.4 Å². The van der Waals surface area contributed by atoms with Crippen molar-refractivity contribution < 1.29 is 4.74 Å². The normalized spacial score (nSPS) is 12.5. The van der Waals surface area contributed by atoms with E-state index in [2.05, 4.69) is 56.0 Å². The summed E-state index contributed by atoms with van der Waals surface area (Å²) in [6, 6.07) is 15.0. The third kappa shape index (κ3) is 3.68. The molecule has 0 aromatic heterocycles. The Bertz CT molecular complexity index is 530. The number of ether oxygens (including phenoxy) is 1. The van der Waals surface area contributed by atoms with Crippen molar-refractivity contribution in [3.05, 3.63) is 60.7 Å². The number of rotatable bonds is 7. The van der Waals surface area contributed by atoms with Gasteiger partial charge in [0.15, 0.2) is 0 Å². The fourth-order valence-corrected chi connectivity index (χ4v) is 2.23. The molecule has 0 aliphatic carbocycles. The fraction of sp³-hybridized carbons (Fsp3) is 0.333. The van der Waals surface area contributed by atoms with Gasteiger partial charge in [0, 0.05) is 6.61 Å². The molecule has 1 nitrogen and oxygen atoms in total. The minimum absolute atomic E-state index is 0.133. The lowest BCUT2D eigenvalue weighted by molar-refractivity contribution is 0.0528. The molecule has 0 heterocycles. The second-order valence-electron chi connectivity index (χ2n) is 4.84. The second kappa shape index (κ2) is 7.10. The van der Waals surface area contributed by atoms with Crippen molar-refractivity contribution >= 4 is 10.8 Å². The lowest BCUT2D eigenvalue weighted by Gasteiger charge is -2.17. The maximum atomic E-state index is 5.99. The average Bonchev–Trinajstić information content (AvgIpc) is 2.46. The van der Waals surface area contributed by atoms with Crippen LogP contribution in [-0.4, -0.2) is 6.61 Å². The lowest BCUT2D eigenvalue weighted by atomic mass is 10.0. The van der Waals surface area contributed by atoms with Gasteiger partial charge in [0.1, 0.15) is 0 Å². The van der Waals surface area contributed by atoms with Crippen LogP contribution in [0.4, 0.5) is 0 Å². The molecule has 2 rings (SSSR count). The topological polar surface area (TPSA) is 9.23 Å². The van der Waals surface area contributed by atoms with Gasteiger partial charge in [-0.3, -0.25) is 0 Å². The zero-order valence-electron chi connectivity index (χ0n) is 11.6. The van der Waals surface area contributed by atoms with Crippen LogP contribution in [0, 0.1) is 0 Å². The van der Waals surface area contributed by atoms with E-state index in [1.54, 1.807) is 0 Å². The summed E-state index contributed by atoms with van der Waals surface area (Å²) in [5.41, 5.74) is 1.25. The molecular formula is C18H22O. The first-order valence-electron chi connectivity index (χ1n) is 7.06. The number of benzene rings is 2. The molecule has 1 atom stereocenters. The SMILES string of the molecule is C=CCC(OCCCC)c1ccc2ccccc2c1. The Labute approximate surface area is 115 Å². The first-order valence-corrected chi connectivity index (χ1v) is 7.06. The molecule has 0 saturated heterocycles. The maximum Gasteiger partial charge on any atom is 0.0859 e. The van der Waals surface area contributed by atoms with E-state index in [1.165, 1.54) is 22.8 Å². The Morgan fingerprint density at radius 3 is 2.68 bits per heavy atom. The zero-order chi connectivity index (χ0) is 13.5. The highest BCUT2D eigenvalue weighted by Crippen LogP contribution is 2.25. The van der Waals surface area contributed by atoms with E-state index < -0.39 is 0 Å². The Hall–Kier alpha value is -1.60. The molecule has 0 spiro atoms. The van der Waals surface area contributed by atoms with Gasteiger partial charge in [-0.1, -0.05) is 55.8 Å². The van der Waals surface area contributed by atoms with Gasteiger partial charge in [-0.2, -0.15) is 0 Å². The van der Waals surface area contributed by atoms with E-state index in [9.17, 15) is 0 Å². The summed E-state index contributed by atoms with van der Waals surface area (Å²) in [5.74, 6) is 0. The average molecular weight is 254 g/mol. The standard InChI is InChI=1S/C18H22O/c1-3-5-13-19-18(8-4-2)17-12-11-15-9-6-7-10-16(15)14-17/h4,6-7,9-12,14,18H,2-3,5,8,13H2,1H3. The Morgan fingerprint density at radius 1 is 1.16 bits per heavy atom. The fourth-order valence-electron chi connectivity index (χ4n) is 2.23. The summed E-state index contributed by atoms with van der Waals surface area (Å²) >= 11 is 0. The molecule has 0 fully saturated rings. The van der Waals surface area contributed by atoms with Gasteiger partial charge >= 0.3 is 0 Å². The highest BCUT2D eigenvalue weighted by Gasteiger charge is 2.10. The van der Waals surface area contributed by atoms with Crippen molar-refractivity contribution in [2.75, 3.05) is 6.61 Å². The van der Waals surface area contributed by atoms with Crippen molar-refractivity contribution in [3.8, 4) is 0 Å². The zero-order valence-corrected chi connectivity index (χ0v) is 11.6. The number of fused-ring (bicyclic) bond motifs is 1. The molecule has 0 amide bonds. The molecule has 0 N–H and O–H groups in total. The van der Waals surface area contributed by atoms with Crippen LogP contribution in [-0.2, 0) is 4.74 Å². The first kappa shape index (κ1) is 13.8. The maximum absolute atomic E-state index is 5.99. The van der Waals surface area contributed by atoms with Gasteiger partial charge < -0.3 is 4.74 Å². The Morgan fingerprint density at radius 2 is 1.95 bits per heavy atom. The van der Waals surface area contributed by atoms with Crippen molar-refractivity contribution in [1.82, 2.24) is 0 Å². The second-order valence-corrected chi connectivity index (χ2v) is 4.84. The predicted octanol–water partition coefficient (Wildman–Crippen LogP) is 5.27. The summed E-state index contributed by atoms with van der Waals surface area (Å²) in [6.07, 6.45) is 5.21. The monoisotopic (exact) mass is 254 g/mol. The molecule has 0 bridgehead atoms. The van der Waals surface area contributed by atoms with Crippen LogP contribution in [0.3, 0.4) is 0 Å². The molecule has 1 heteroatoms. The third-order valence-corrected chi connectivity index (χ3v) is 3.34. The van der Waals surface area contributed by atoms with Crippen molar-refractivity contribution in [3.63, 3.8) is 0 Å². The van der Waals surface area contributed by atoms with Gasteiger partial charge in [0.25, 0.3) is 0 Å². The van der Waals surface area contributed by atoms with Crippen molar-refractivity contribution in [1.29, 1.82) is 0 Å². The van der Waals surface area contributed by atoms with Crippen LogP contribution in [0.2, 0.25) is 0 Å². The number of hydrogen-bond acceptors (Lipinski definition) is 1. The van der Waals surface area contributed by atoms with Crippen LogP contribution in [0.5, 0.6) is 0 Å². The molecule has 0 aliphatic heterocycles. The minimum atomic E-state index is 0.133. The van der Waals surface area contributed by atoms with Gasteiger partial charge in [-0.05, 0) is 35.2 Å². The van der Waals surface area contributed by atoms with Crippen LogP contribution >= 0.6 is 0 Å². The summed E-state index contributed by atoms with van der Waals surface area (Å²) in [7, 11) is 0. The summed E-state index contributed by atoms with van der Waals surface area (Å²) in [5, 5.41) is 2.55. The van der Waals surface area contributed by atoms with E-state index in [1.807, 2.05) is 6.08 Å². The van der Waals surface area contributed by atoms with E-state index in [-0.39, 0.29) is 6.10 Å². The Balaban J connectivity index is 2.20. The smallest absolute Gasteiger partial charge is 0.0859 e. The number of unbranched alkanes of at least 4 members (excludes halogenated alkanes) is 1. The van der Waals surface area contributed by atoms with Crippen LogP contribution in [0.15, 0.2) is 55.1 Å². The molecule has 0 aliphatic rings. The number of hydrogen-bond donors (Lipinski definition) is 0. The summed E-state index contributed by atoms with van der Waals surface area (Å²) in [6.45, 7) is 6.84. The summed E-state index contributed by atoms with van der Waals surface area (Å²) in [4.78, 5) is 0. The molecular weight excluding hydrogens is 232 g/mol. The van der Waals surface area contributed by atoms with Gasteiger partial charge in [-0.25, -0.2) is 0 Å². The van der Waals surface area contributed by atoms with Crippen LogP contribution < -0.4 is 0 Å². The quantitative estimate of drug-likeness (QED) is 0.483. The van der Waals surface area contributed by atoms with Gasteiger partial charge in [0.05, 0.1) is 6.10 Å². The highest BCUT2D eigenvalue weighted by molar-refractivity contribution is 5.83. The van der Waals surface area contributed by atoms with Gasteiger partial charge in [-0.15, -0.1) is 6.58 Å². The van der Waals surface area contributed by atoms with E-state index >= 15 is 0 Å². The minimum Gasteiger partial charge on any atom is -0.373 e. The molecule has 2 aromatic rings. The van der Waals surface area contributed by atoms with Crippen molar-refractivity contribution in [2.45, 2.75) is 32.3 Å². The highest BCUT2D eigenvalue weighted by atomic mass is 16.5. The Kier molecular flexibility index (Phi) is 5.17. The molecule has 0 radical (unpaired) electrons. The van der Waals surface area contributed by atoms with Gasteiger partial charge in [0.2, 0.25) is 0 Å². The van der Waals surface area contributed by atoms with E-state index in [4.69, 9.17) is 4.74 Å². The summed E-state index contributed by atoms with van der Waals surface area (Å²) < 4.78 is 5.99. The third-order valence-electron chi connectivity index (χ3n) is 3.34. The predicted molar refractivity (Wildman–Crippen MR) is 82.4 cm³/mol. The molecule has 19 heavy (non-hydrogen) atoms. The van der Waals surface area contributed by atoms with Crippen molar-refractivity contribution in [2.24, 2.45) is 0 Å².